The molecule has 0 spiro atoms. The lowest BCUT2D eigenvalue weighted by molar-refractivity contribution is 0.141. The number of rotatable bonds is 3. The van der Waals surface area contributed by atoms with Crippen LogP contribution >= 0.6 is 0 Å². The van der Waals surface area contributed by atoms with E-state index in [1.54, 1.807) is 19.3 Å². The van der Waals surface area contributed by atoms with E-state index in [0.717, 1.165) is 5.56 Å². The van der Waals surface area contributed by atoms with E-state index in [0.29, 0.717) is 12.0 Å². The van der Waals surface area contributed by atoms with E-state index in [4.69, 9.17) is 10.00 Å². The number of hydrogen-bond donors (Lipinski definition) is 1. The molecule has 4 nitrogen and oxygen atoms in total. The second-order valence-electron chi connectivity index (χ2n) is 3.65. The molecule has 1 aromatic carbocycles. The van der Waals surface area contributed by atoms with Crippen LogP contribution in [0.25, 0.3) is 0 Å². The number of alkyl carbamates (subject to hydrolysis) is 1. The van der Waals surface area contributed by atoms with E-state index in [-0.39, 0.29) is 6.61 Å². The van der Waals surface area contributed by atoms with Gasteiger partial charge in [0.2, 0.25) is 0 Å². The summed E-state index contributed by atoms with van der Waals surface area (Å²) in [5, 5.41) is 11.3. The van der Waals surface area contributed by atoms with Gasteiger partial charge in [-0.1, -0.05) is 30.3 Å². The summed E-state index contributed by atoms with van der Waals surface area (Å²) in [4.78, 5) is 11.5. The highest BCUT2D eigenvalue weighted by molar-refractivity contribution is 5.72. The molecule has 1 N–H and O–H groups in total. The van der Waals surface area contributed by atoms with Crippen LogP contribution in [0, 0.1) is 42.6 Å². The lowest BCUT2D eigenvalue weighted by Gasteiger charge is -2.13. The molecule has 89 valence electrons. The molecule has 0 heterocycles. The van der Waals surface area contributed by atoms with Crippen LogP contribution in [-0.2, 0) is 11.3 Å². The summed E-state index contributed by atoms with van der Waals surface area (Å²) < 4.78 is 5.04. The number of carbonyl (C=O) groups is 1. The number of nitrogens with zero attached hydrogens (tertiary/aromatic N) is 1. The fraction of sp³-hybridized carbons (Fsp3) is 0.0714. The van der Waals surface area contributed by atoms with Gasteiger partial charge in [-0.3, -0.25) is 0 Å². The lowest BCUT2D eigenvalue weighted by atomic mass is 10.1. The van der Waals surface area contributed by atoms with Crippen molar-refractivity contribution in [2.75, 3.05) is 0 Å². The van der Waals surface area contributed by atoms with E-state index in [9.17, 15) is 4.79 Å². The average Bonchev–Trinajstić information content (AvgIpc) is 2.85. The topological polar surface area (TPSA) is 62.1 Å². The van der Waals surface area contributed by atoms with Gasteiger partial charge in [-0.25, -0.2) is 4.79 Å². The molecule has 0 unspecified atom stereocenters. The van der Waals surface area contributed by atoms with Crippen LogP contribution in [0.2, 0.25) is 0 Å². The van der Waals surface area contributed by atoms with Crippen molar-refractivity contribution in [2.45, 2.75) is 6.61 Å². The van der Waals surface area contributed by atoms with Gasteiger partial charge in [-0.15, -0.1) is 0 Å². The van der Waals surface area contributed by atoms with Crippen molar-refractivity contribution in [1.82, 2.24) is 5.32 Å². The van der Waals surface area contributed by atoms with Gasteiger partial charge >= 0.3 is 6.09 Å². The van der Waals surface area contributed by atoms with Crippen LogP contribution in [0.4, 0.5) is 4.79 Å². The first-order valence-electron chi connectivity index (χ1n) is 5.43. The van der Waals surface area contributed by atoms with E-state index >= 15 is 0 Å². The van der Waals surface area contributed by atoms with Gasteiger partial charge in [0.25, 0.3) is 0 Å². The Morgan fingerprint density at radius 2 is 2.06 bits per heavy atom. The number of carbonyl (C=O) groups excluding carboxylic acids is 1. The second-order valence-corrected chi connectivity index (χ2v) is 3.65. The molecule has 1 aliphatic rings. The van der Waals surface area contributed by atoms with Gasteiger partial charge in [-0.05, 0) is 24.8 Å². The predicted molar refractivity (Wildman–Crippen MR) is 64.8 cm³/mol. The molecule has 0 atom stereocenters. The van der Waals surface area contributed by atoms with Crippen LogP contribution in [0.1, 0.15) is 5.56 Å². The molecule has 1 aliphatic carbocycles. The van der Waals surface area contributed by atoms with Crippen molar-refractivity contribution in [3.8, 4) is 6.07 Å². The molecular formula is C14H11N2O2. The van der Waals surface area contributed by atoms with E-state index in [1.807, 2.05) is 36.4 Å². The van der Waals surface area contributed by atoms with Crippen LogP contribution < -0.4 is 5.32 Å². The summed E-state index contributed by atoms with van der Waals surface area (Å²) in [7, 11) is 0. The highest BCUT2D eigenvalue weighted by Gasteiger charge is 2.31. The molecule has 0 aromatic heterocycles. The Hall–Kier alpha value is -2.02. The Morgan fingerprint density at radius 1 is 1.28 bits per heavy atom. The molecule has 0 saturated heterocycles. The molecular weight excluding hydrogens is 228 g/mol. The molecule has 1 saturated carbocycles. The highest BCUT2D eigenvalue weighted by Crippen LogP contribution is 2.30. The van der Waals surface area contributed by atoms with Gasteiger partial charge in [0.05, 0.1) is 12.1 Å². The first-order chi connectivity index (χ1) is 8.79. The molecule has 1 amide bonds. The SMILES string of the molecule is N#C[C]1[CH][CH][CH][C]1NC(=O)OCc1ccccc1. The summed E-state index contributed by atoms with van der Waals surface area (Å²) in [6.07, 6.45) is 4.42. The minimum atomic E-state index is -0.568. The molecule has 0 aliphatic heterocycles. The first kappa shape index (κ1) is 12.4. The van der Waals surface area contributed by atoms with Gasteiger partial charge in [0.15, 0.2) is 0 Å². The molecule has 5 radical (unpaired) electrons. The summed E-state index contributed by atoms with van der Waals surface area (Å²) in [6, 6.07) is 11.8. The molecule has 0 bridgehead atoms. The van der Waals surface area contributed by atoms with Crippen LogP contribution in [0.3, 0.4) is 0 Å². The third kappa shape index (κ3) is 3.24. The summed E-state index contributed by atoms with van der Waals surface area (Å²) >= 11 is 0. The molecule has 1 fully saturated rings. The van der Waals surface area contributed by atoms with Crippen molar-refractivity contribution in [3.63, 3.8) is 0 Å². The van der Waals surface area contributed by atoms with E-state index < -0.39 is 6.09 Å². The van der Waals surface area contributed by atoms with Gasteiger partial charge in [0.1, 0.15) is 12.5 Å². The maximum atomic E-state index is 11.5. The van der Waals surface area contributed by atoms with Crippen LogP contribution in [-0.4, -0.2) is 6.09 Å². The minimum absolute atomic E-state index is 0.204. The fourth-order valence-electron chi connectivity index (χ4n) is 1.50. The number of nitriles is 1. The fourth-order valence-corrected chi connectivity index (χ4v) is 1.50. The zero-order chi connectivity index (χ0) is 12.8. The number of amides is 1. The second kappa shape index (κ2) is 6.06. The smallest absolute Gasteiger partial charge is 0.408 e. The van der Waals surface area contributed by atoms with Crippen molar-refractivity contribution in [3.05, 3.63) is 67.1 Å². The molecule has 4 heteroatoms. The normalized spacial score (nSPS) is 16.2. The highest BCUT2D eigenvalue weighted by atomic mass is 16.5. The Morgan fingerprint density at radius 3 is 2.78 bits per heavy atom. The number of nitrogens with one attached hydrogen (secondary N) is 1. The van der Waals surface area contributed by atoms with Crippen molar-refractivity contribution in [2.24, 2.45) is 0 Å². The standard InChI is InChI=1S/C14H11N2O2/c15-9-12-7-4-8-13(12)16-14(17)18-10-11-5-2-1-3-6-11/h1-8H,10H2,(H,16,17). The van der Waals surface area contributed by atoms with Crippen LogP contribution in [0.15, 0.2) is 30.3 Å². The van der Waals surface area contributed by atoms with Crippen molar-refractivity contribution >= 4 is 6.09 Å². The summed E-state index contributed by atoms with van der Waals surface area (Å²) in [5.41, 5.74) is 0.913. The zero-order valence-electron chi connectivity index (χ0n) is 9.59. The summed E-state index contributed by atoms with van der Waals surface area (Å²) in [6.45, 7) is 0.204. The van der Waals surface area contributed by atoms with Crippen molar-refractivity contribution in [1.29, 1.82) is 5.26 Å². The molecule has 1 aromatic rings. The Labute approximate surface area is 107 Å². The predicted octanol–water partition coefficient (Wildman–Crippen LogP) is 2.17. The zero-order valence-corrected chi connectivity index (χ0v) is 9.59. The third-order valence-electron chi connectivity index (χ3n) is 2.39. The van der Waals surface area contributed by atoms with E-state index in [1.165, 1.54) is 0 Å². The minimum Gasteiger partial charge on any atom is -0.445 e. The monoisotopic (exact) mass is 239 g/mol. The molecule has 2 rings (SSSR count). The quantitative estimate of drug-likeness (QED) is 0.879. The Balaban J connectivity index is 1.77. The van der Waals surface area contributed by atoms with Gasteiger partial charge < -0.3 is 10.1 Å². The first-order valence-corrected chi connectivity index (χ1v) is 5.43. The van der Waals surface area contributed by atoms with Gasteiger partial charge in [-0.2, -0.15) is 5.26 Å². The number of ether oxygens (including phenoxy) is 1. The Kier molecular flexibility index (Phi) is 4.19. The van der Waals surface area contributed by atoms with Gasteiger partial charge in [0, 0.05) is 0 Å². The third-order valence-corrected chi connectivity index (χ3v) is 2.39. The largest absolute Gasteiger partial charge is 0.445 e. The average molecular weight is 239 g/mol. The van der Waals surface area contributed by atoms with Crippen molar-refractivity contribution < 1.29 is 9.53 Å². The molecule has 18 heavy (non-hydrogen) atoms. The Bertz CT molecular complexity index is 439. The lowest BCUT2D eigenvalue weighted by Crippen LogP contribution is -2.30. The van der Waals surface area contributed by atoms with E-state index in [2.05, 4.69) is 5.32 Å². The maximum absolute atomic E-state index is 11.5. The number of benzene rings is 1. The number of hydrogen-bond acceptors (Lipinski definition) is 3. The maximum Gasteiger partial charge on any atom is 0.408 e. The summed E-state index contributed by atoms with van der Waals surface area (Å²) in [5.74, 6) is 0.423. The van der Waals surface area contributed by atoms with Crippen LogP contribution in [0.5, 0.6) is 0 Å².